The third-order valence-corrected chi connectivity index (χ3v) is 3.28. The summed E-state index contributed by atoms with van der Waals surface area (Å²) in [4.78, 5) is 12.2. The van der Waals surface area contributed by atoms with Gasteiger partial charge in [0.15, 0.2) is 11.5 Å². The number of carbonyl (C=O) groups is 1. The largest absolute Gasteiger partial charge is 0.504 e. The molecular weight excluding hydrogens is 336 g/mol. The van der Waals surface area contributed by atoms with E-state index in [0.29, 0.717) is 6.42 Å². The van der Waals surface area contributed by atoms with Crippen molar-refractivity contribution in [2.24, 2.45) is 0 Å². The Kier molecular flexibility index (Phi) is 8.42. The first-order chi connectivity index (χ1) is 11.8. The van der Waals surface area contributed by atoms with Gasteiger partial charge in [-0.2, -0.15) is 0 Å². The first-order valence-corrected chi connectivity index (χ1v) is 7.81. The molecule has 0 aliphatic rings. The molecule has 0 fully saturated rings. The molecule has 25 heavy (non-hydrogen) atoms. The van der Waals surface area contributed by atoms with Gasteiger partial charge < -0.3 is 40.1 Å². The minimum atomic E-state index is -1.26. The lowest BCUT2D eigenvalue weighted by molar-refractivity contribution is 0.0483. The molecule has 0 radical (unpaired) electrons. The number of aromatic hydroxyl groups is 2. The summed E-state index contributed by atoms with van der Waals surface area (Å²) in [6.07, 6.45) is -2.22. The Hall–Kier alpha value is -2.07. The van der Waals surface area contributed by atoms with Crippen LogP contribution in [0.1, 0.15) is 29.3 Å². The molecule has 0 aliphatic carbocycles. The fraction of sp³-hybridized carbons (Fsp3) is 0.562. The van der Waals surface area contributed by atoms with Gasteiger partial charge in [-0.25, -0.2) is 4.79 Å². The lowest BCUT2D eigenvalue weighted by Crippen LogP contribution is -2.23. The molecule has 0 amide bonds. The Morgan fingerprint density at radius 1 is 1.16 bits per heavy atom. The Bertz CT molecular complexity index is 573. The molecule has 9 heteroatoms. The molecule has 0 aliphatic heterocycles. The van der Waals surface area contributed by atoms with Crippen molar-refractivity contribution in [3.63, 3.8) is 0 Å². The maximum Gasteiger partial charge on any atom is 0.338 e. The summed E-state index contributed by atoms with van der Waals surface area (Å²) in [7, 11) is 0. The van der Waals surface area contributed by atoms with Gasteiger partial charge in [0, 0.05) is 12.0 Å². The van der Waals surface area contributed by atoms with Crippen molar-refractivity contribution in [3.8, 4) is 17.2 Å². The highest BCUT2D eigenvalue weighted by Gasteiger charge is 2.26. The number of rotatable bonds is 10. The van der Waals surface area contributed by atoms with E-state index >= 15 is 0 Å². The molecule has 0 bridgehead atoms. The van der Waals surface area contributed by atoms with Crippen LogP contribution in [-0.2, 0) is 11.2 Å². The molecule has 2 atom stereocenters. The fourth-order valence-corrected chi connectivity index (χ4v) is 2.02. The van der Waals surface area contributed by atoms with Crippen LogP contribution in [0.4, 0.5) is 0 Å². The topological polar surface area (TPSA) is 157 Å². The monoisotopic (exact) mass is 360 g/mol. The molecule has 0 saturated carbocycles. The summed E-state index contributed by atoms with van der Waals surface area (Å²) in [6, 6.07) is 0.974. The van der Waals surface area contributed by atoms with E-state index in [0.717, 1.165) is 6.07 Å². The SMILES string of the molecule is CCCOC(=O)c1cc(O)c(O)c(OCC(O)CO)c1CC(O)CO. The van der Waals surface area contributed by atoms with Crippen molar-refractivity contribution < 1.29 is 44.9 Å². The third-order valence-electron chi connectivity index (χ3n) is 3.28. The van der Waals surface area contributed by atoms with Crippen LogP contribution in [0.5, 0.6) is 17.2 Å². The lowest BCUT2D eigenvalue weighted by atomic mass is 9.99. The Balaban J connectivity index is 3.33. The molecule has 6 N–H and O–H groups in total. The second kappa shape index (κ2) is 10.0. The van der Waals surface area contributed by atoms with E-state index in [4.69, 9.17) is 19.7 Å². The van der Waals surface area contributed by atoms with E-state index < -0.39 is 49.5 Å². The number of hydrogen-bond acceptors (Lipinski definition) is 9. The van der Waals surface area contributed by atoms with Crippen LogP contribution in [0.3, 0.4) is 0 Å². The lowest BCUT2D eigenvalue weighted by Gasteiger charge is -2.20. The normalized spacial score (nSPS) is 13.3. The quantitative estimate of drug-likeness (QED) is 0.234. The van der Waals surface area contributed by atoms with Crippen LogP contribution in [0.25, 0.3) is 0 Å². The maximum atomic E-state index is 12.2. The first-order valence-electron chi connectivity index (χ1n) is 7.81. The fourth-order valence-electron chi connectivity index (χ4n) is 2.02. The summed E-state index contributed by atoms with van der Waals surface area (Å²) in [5.74, 6) is -2.50. The minimum Gasteiger partial charge on any atom is -0.504 e. The van der Waals surface area contributed by atoms with Crippen LogP contribution >= 0.6 is 0 Å². The van der Waals surface area contributed by atoms with E-state index in [1.807, 2.05) is 0 Å². The predicted molar refractivity (Wildman–Crippen MR) is 85.7 cm³/mol. The molecule has 0 spiro atoms. The maximum absolute atomic E-state index is 12.2. The van der Waals surface area contributed by atoms with E-state index in [2.05, 4.69) is 0 Å². The van der Waals surface area contributed by atoms with Crippen molar-refractivity contribution in [2.45, 2.75) is 32.0 Å². The second-order valence-electron chi connectivity index (χ2n) is 5.42. The number of ether oxygens (including phenoxy) is 2. The van der Waals surface area contributed by atoms with Gasteiger partial charge in [0.1, 0.15) is 12.7 Å². The van der Waals surface area contributed by atoms with E-state index in [9.17, 15) is 25.2 Å². The number of hydrogen-bond donors (Lipinski definition) is 6. The van der Waals surface area contributed by atoms with Gasteiger partial charge in [-0.05, 0) is 12.5 Å². The summed E-state index contributed by atoms with van der Waals surface area (Å²) < 4.78 is 10.2. The second-order valence-corrected chi connectivity index (χ2v) is 5.42. The molecule has 0 aromatic heterocycles. The van der Waals surface area contributed by atoms with Gasteiger partial charge in [-0.3, -0.25) is 0 Å². The number of carbonyl (C=O) groups excluding carboxylic acids is 1. The van der Waals surface area contributed by atoms with Crippen molar-refractivity contribution in [1.82, 2.24) is 0 Å². The standard InChI is InChI=1S/C16H24O9/c1-2-3-24-16(23)12-5-13(21)14(22)15(25-8-10(20)7-18)11(12)4-9(19)6-17/h5,9-10,17-22H,2-4,6-8H2,1H3. The zero-order chi connectivity index (χ0) is 19.0. The van der Waals surface area contributed by atoms with Crippen molar-refractivity contribution in [1.29, 1.82) is 0 Å². The number of phenols is 2. The van der Waals surface area contributed by atoms with Gasteiger partial charge >= 0.3 is 5.97 Å². The smallest absolute Gasteiger partial charge is 0.338 e. The van der Waals surface area contributed by atoms with Gasteiger partial charge in [-0.1, -0.05) is 6.92 Å². The van der Waals surface area contributed by atoms with Crippen molar-refractivity contribution in [2.75, 3.05) is 26.4 Å². The van der Waals surface area contributed by atoms with Crippen LogP contribution in [0.2, 0.25) is 0 Å². The number of esters is 1. The molecule has 9 nitrogen and oxygen atoms in total. The zero-order valence-corrected chi connectivity index (χ0v) is 13.9. The van der Waals surface area contributed by atoms with Crippen molar-refractivity contribution >= 4 is 5.97 Å². The Morgan fingerprint density at radius 2 is 1.80 bits per heavy atom. The molecule has 2 unspecified atom stereocenters. The van der Waals surface area contributed by atoms with Gasteiger partial charge in [0.2, 0.25) is 5.75 Å². The van der Waals surface area contributed by atoms with Crippen LogP contribution in [0.15, 0.2) is 6.07 Å². The average molecular weight is 360 g/mol. The summed E-state index contributed by atoms with van der Waals surface area (Å²) >= 11 is 0. The number of aliphatic hydroxyl groups is 4. The number of phenolic OH excluding ortho intramolecular Hbond substituents is 2. The van der Waals surface area contributed by atoms with Gasteiger partial charge in [-0.15, -0.1) is 0 Å². The summed E-state index contributed by atoms with van der Waals surface area (Å²) in [5, 5.41) is 56.8. The number of benzene rings is 1. The zero-order valence-electron chi connectivity index (χ0n) is 13.9. The van der Waals surface area contributed by atoms with Crippen LogP contribution in [0, 0.1) is 0 Å². The Morgan fingerprint density at radius 3 is 2.36 bits per heavy atom. The molecule has 1 aromatic carbocycles. The highest BCUT2D eigenvalue weighted by molar-refractivity contribution is 5.93. The van der Waals surface area contributed by atoms with Crippen LogP contribution < -0.4 is 4.74 Å². The predicted octanol–water partition coefficient (Wildman–Crippen LogP) is -0.708. The van der Waals surface area contributed by atoms with Crippen LogP contribution in [-0.4, -0.2) is 75.2 Å². The van der Waals surface area contributed by atoms with Gasteiger partial charge in [0.05, 0.1) is 31.5 Å². The highest BCUT2D eigenvalue weighted by atomic mass is 16.5. The Labute approximate surface area is 144 Å². The summed E-state index contributed by atoms with van der Waals surface area (Å²) in [5.41, 5.74) is -0.146. The molecule has 0 saturated heterocycles. The molecule has 0 heterocycles. The summed E-state index contributed by atoms with van der Waals surface area (Å²) in [6.45, 7) is 0.285. The van der Waals surface area contributed by atoms with E-state index in [1.165, 1.54) is 0 Å². The molecule has 1 aromatic rings. The average Bonchev–Trinajstić information content (AvgIpc) is 2.61. The highest BCUT2D eigenvalue weighted by Crippen LogP contribution is 2.41. The molecule has 1 rings (SSSR count). The van der Waals surface area contributed by atoms with Gasteiger partial charge in [0.25, 0.3) is 0 Å². The van der Waals surface area contributed by atoms with Crippen molar-refractivity contribution in [3.05, 3.63) is 17.2 Å². The first kappa shape index (κ1) is 21.0. The van der Waals surface area contributed by atoms with E-state index in [-0.39, 0.29) is 29.9 Å². The molecular formula is C16H24O9. The number of aliphatic hydroxyl groups excluding tert-OH is 4. The third kappa shape index (κ3) is 5.75. The minimum absolute atomic E-state index is 0.00286. The van der Waals surface area contributed by atoms with E-state index in [1.54, 1.807) is 6.92 Å². The molecule has 142 valence electrons.